The summed E-state index contributed by atoms with van der Waals surface area (Å²) in [4.78, 5) is 23.1. The van der Waals surface area contributed by atoms with Crippen LogP contribution >= 0.6 is 12.4 Å². The number of carbonyl (C=O) groups excluding carboxylic acids is 1. The number of piperidine rings is 1. The number of hydrogen-bond acceptors (Lipinski definition) is 7. The highest BCUT2D eigenvalue weighted by atomic mass is 35.5. The summed E-state index contributed by atoms with van der Waals surface area (Å²) in [5.74, 6) is 2.13. The molecule has 3 unspecified atom stereocenters. The fourth-order valence-electron chi connectivity index (χ4n) is 5.45. The number of halogens is 1. The van der Waals surface area contributed by atoms with Crippen molar-refractivity contribution < 1.29 is 9.53 Å². The van der Waals surface area contributed by atoms with E-state index in [-0.39, 0.29) is 30.4 Å². The average molecular weight is 504 g/mol. The number of aromatic nitrogens is 4. The van der Waals surface area contributed by atoms with Crippen molar-refractivity contribution in [1.82, 2.24) is 24.6 Å². The number of likely N-dealkylation sites (tertiary alicyclic amines) is 1. The fraction of sp³-hybridized carbons (Fsp3) is 0.231. The van der Waals surface area contributed by atoms with Crippen LogP contribution in [0.3, 0.4) is 0 Å². The summed E-state index contributed by atoms with van der Waals surface area (Å²) in [6.07, 6.45) is 4.75. The molecular formula is C26H26ClN7O2. The normalized spacial score (nSPS) is 20.3. The summed E-state index contributed by atoms with van der Waals surface area (Å²) in [7, 11) is 0. The van der Waals surface area contributed by atoms with Crippen LogP contribution in [-0.4, -0.2) is 43.1 Å². The van der Waals surface area contributed by atoms with Gasteiger partial charge in [-0.05, 0) is 61.2 Å². The summed E-state index contributed by atoms with van der Waals surface area (Å²) >= 11 is 0. The second-order valence-electron chi connectivity index (χ2n) is 9.12. The summed E-state index contributed by atoms with van der Waals surface area (Å²) in [6, 6.07) is 15.0. The Labute approximate surface area is 214 Å². The molecule has 1 saturated heterocycles. The molecule has 1 amide bonds. The lowest BCUT2D eigenvalue weighted by atomic mass is 10.1. The summed E-state index contributed by atoms with van der Waals surface area (Å²) < 4.78 is 7.86. The molecule has 0 spiro atoms. The number of anilines is 2. The maximum atomic E-state index is 12.4. The van der Waals surface area contributed by atoms with E-state index in [9.17, 15) is 4.79 Å². The van der Waals surface area contributed by atoms with E-state index in [4.69, 9.17) is 21.3 Å². The molecule has 1 aliphatic heterocycles. The minimum atomic E-state index is -0.0382. The highest BCUT2D eigenvalue weighted by molar-refractivity contribution is 5.98. The van der Waals surface area contributed by atoms with Gasteiger partial charge in [-0.1, -0.05) is 12.6 Å². The number of nitrogens with zero attached hydrogens (tertiary/aromatic N) is 5. The van der Waals surface area contributed by atoms with E-state index in [0.717, 1.165) is 24.9 Å². The Morgan fingerprint density at radius 2 is 1.83 bits per heavy atom. The van der Waals surface area contributed by atoms with Gasteiger partial charge in [0, 0.05) is 23.9 Å². The van der Waals surface area contributed by atoms with Crippen molar-refractivity contribution in [3.63, 3.8) is 0 Å². The average Bonchev–Trinajstić information content (AvgIpc) is 3.57. The third-order valence-electron chi connectivity index (χ3n) is 6.96. The topological polar surface area (TPSA) is 125 Å². The molecule has 9 nitrogen and oxygen atoms in total. The van der Waals surface area contributed by atoms with E-state index in [1.165, 1.54) is 12.4 Å². The highest BCUT2D eigenvalue weighted by Gasteiger charge is 2.48. The Bertz CT molecular complexity index is 1450. The van der Waals surface area contributed by atoms with Crippen molar-refractivity contribution in [2.45, 2.75) is 24.9 Å². The quantitative estimate of drug-likeness (QED) is 0.308. The molecule has 2 aliphatic rings. The van der Waals surface area contributed by atoms with Crippen LogP contribution in [-0.2, 0) is 4.79 Å². The molecule has 4 N–H and O–H groups in total. The molecule has 2 fully saturated rings. The molecule has 4 aromatic rings. The maximum absolute atomic E-state index is 12.4. The molecule has 3 atom stereocenters. The maximum Gasteiger partial charge on any atom is 0.246 e. The van der Waals surface area contributed by atoms with Gasteiger partial charge in [0.15, 0.2) is 5.65 Å². The van der Waals surface area contributed by atoms with Crippen LogP contribution in [0, 0.1) is 5.92 Å². The highest BCUT2D eigenvalue weighted by Crippen LogP contribution is 2.46. The molecule has 1 saturated carbocycles. The molecule has 2 aromatic carbocycles. The van der Waals surface area contributed by atoms with Gasteiger partial charge in [0.2, 0.25) is 5.91 Å². The predicted molar refractivity (Wildman–Crippen MR) is 141 cm³/mol. The third-order valence-corrected chi connectivity index (χ3v) is 6.96. The van der Waals surface area contributed by atoms with Crippen molar-refractivity contribution in [3.05, 3.63) is 67.5 Å². The van der Waals surface area contributed by atoms with Crippen molar-refractivity contribution in [2.75, 3.05) is 18.0 Å². The predicted octanol–water partition coefficient (Wildman–Crippen LogP) is 4.22. The number of nitrogen functional groups attached to an aromatic ring is 2. The van der Waals surface area contributed by atoms with Crippen LogP contribution in [0.25, 0.3) is 22.3 Å². The lowest BCUT2D eigenvalue weighted by molar-refractivity contribution is -0.128. The summed E-state index contributed by atoms with van der Waals surface area (Å²) in [5, 5.41) is 5.69. The first kappa shape index (κ1) is 23.6. The lowest BCUT2D eigenvalue weighted by Crippen LogP contribution is -2.42. The number of benzene rings is 2. The Balaban J connectivity index is 0.00000267. The van der Waals surface area contributed by atoms with Crippen LogP contribution in [0.15, 0.2) is 67.5 Å². The molecule has 3 heterocycles. The van der Waals surface area contributed by atoms with Crippen LogP contribution < -0.4 is 16.2 Å². The smallest absolute Gasteiger partial charge is 0.246 e. The largest absolute Gasteiger partial charge is 0.457 e. The number of amides is 1. The first-order chi connectivity index (χ1) is 17.0. The van der Waals surface area contributed by atoms with Gasteiger partial charge in [0.05, 0.1) is 17.5 Å². The van der Waals surface area contributed by atoms with Crippen LogP contribution in [0.4, 0.5) is 11.5 Å². The van der Waals surface area contributed by atoms with Crippen molar-refractivity contribution >= 4 is 40.9 Å². The number of rotatable bonds is 5. The van der Waals surface area contributed by atoms with Gasteiger partial charge in [-0.3, -0.25) is 4.79 Å². The Hall–Kier alpha value is -4.11. The lowest BCUT2D eigenvalue weighted by Gasteiger charge is -2.32. The van der Waals surface area contributed by atoms with Crippen LogP contribution in [0.1, 0.15) is 18.9 Å². The first-order valence-corrected chi connectivity index (χ1v) is 11.6. The van der Waals surface area contributed by atoms with E-state index < -0.39 is 0 Å². The summed E-state index contributed by atoms with van der Waals surface area (Å²) in [5.41, 5.74) is 15.1. The van der Waals surface area contributed by atoms with E-state index in [0.29, 0.717) is 45.6 Å². The first-order valence-electron chi connectivity index (χ1n) is 11.6. The number of nitrogens with two attached hydrogens (primary N) is 2. The fourth-order valence-corrected chi connectivity index (χ4v) is 5.45. The minimum Gasteiger partial charge on any atom is -0.457 e. The SMILES string of the molecule is C=CC(=O)N1CC2CC1C(n1nc(-c3ccc(Oc4cccc(N)c4)cc3)c3c(N)ncnc31)C2.Cl. The standard InChI is InChI=1S/C26H25N7O2.ClH/c1-2-22(34)32-13-15-10-20(32)21(11-15)33-26-23(25(28)29-14-30-26)24(31-33)16-6-8-18(9-7-16)35-19-5-3-4-17(27)12-19;/h2-9,12,14-15,20-21H,1,10-11,13,27H2,(H2,28,29,30);1H. The molecule has 184 valence electrons. The van der Waals surface area contributed by atoms with Gasteiger partial charge in [0.1, 0.15) is 29.3 Å². The Kier molecular flexibility index (Phi) is 6.01. The van der Waals surface area contributed by atoms with Gasteiger partial charge >= 0.3 is 0 Å². The monoisotopic (exact) mass is 503 g/mol. The molecule has 36 heavy (non-hydrogen) atoms. The van der Waals surface area contributed by atoms with Gasteiger partial charge in [-0.2, -0.15) is 5.10 Å². The molecular weight excluding hydrogens is 478 g/mol. The molecule has 0 radical (unpaired) electrons. The number of ether oxygens (including phenoxy) is 1. The van der Waals surface area contributed by atoms with Gasteiger partial charge in [-0.25, -0.2) is 14.6 Å². The summed E-state index contributed by atoms with van der Waals surface area (Å²) in [6.45, 7) is 4.43. The van der Waals surface area contributed by atoms with E-state index in [1.54, 1.807) is 6.07 Å². The Morgan fingerprint density at radius 3 is 2.56 bits per heavy atom. The second kappa shape index (κ2) is 9.16. The van der Waals surface area contributed by atoms with E-state index in [2.05, 4.69) is 16.5 Å². The van der Waals surface area contributed by atoms with E-state index >= 15 is 0 Å². The zero-order valence-corrected chi connectivity index (χ0v) is 20.3. The van der Waals surface area contributed by atoms with Crippen molar-refractivity contribution in [3.8, 4) is 22.8 Å². The van der Waals surface area contributed by atoms with Crippen molar-refractivity contribution in [2.24, 2.45) is 5.92 Å². The van der Waals surface area contributed by atoms with Crippen molar-refractivity contribution in [1.29, 1.82) is 0 Å². The van der Waals surface area contributed by atoms with Crippen LogP contribution in [0.5, 0.6) is 11.5 Å². The number of fused-ring (bicyclic) bond motifs is 3. The van der Waals surface area contributed by atoms with E-state index in [1.807, 2.05) is 52.0 Å². The van der Waals surface area contributed by atoms with Gasteiger partial charge in [0.25, 0.3) is 0 Å². The van der Waals surface area contributed by atoms with Gasteiger partial charge in [-0.15, -0.1) is 12.4 Å². The molecule has 1 aliphatic carbocycles. The Morgan fingerprint density at radius 1 is 1.06 bits per heavy atom. The van der Waals surface area contributed by atoms with Gasteiger partial charge < -0.3 is 21.1 Å². The third kappa shape index (κ3) is 3.91. The molecule has 6 rings (SSSR count). The zero-order valence-electron chi connectivity index (χ0n) is 19.4. The zero-order chi connectivity index (χ0) is 24.1. The molecule has 2 bridgehead atoms. The minimum absolute atomic E-state index is 0. The molecule has 2 aromatic heterocycles. The number of carbonyl (C=O) groups is 1. The molecule has 10 heteroatoms. The second-order valence-corrected chi connectivity index (χ2v) is 9.12. The van der Waals surface area contributed by atoms with Crippen LogP contribution in [0.2, 0.25) is 0 Å². The number of hydrogen-bond donors (Lipinski definition) is 2.